The molecule has 0 N–H and O–H groups in total. The summed E-state index contributed by atoms with van der Waals surface area (Å²) < 4.78 is 38.1. The Bertz CT molecular complexity index is 565. The van der Waals surface area contributed by atoms with E-state index in [-0.39, 0.29) is 17.9 Å². The smallest absolute Gasteiger partial charge is 0.369 e. The van der Waals surface area contributed by atoms with E-state index in [2.05, 4.69) is 0 Å². The SMILES string of the molecule is CC(C)CN(CCC#N)c1ccc(C(F)(F)F)cc1C#N. The zero-order valence-corrected chi connectivity index (χ0v) is 11.9. The predicted molar refractivity (Wildman–Crippen MR) is 73.4 cm³/mol. The molecule has 0 aliphatic rings. The Morgan fingerprint density at radius 1 is 1.24 bits per heavy atom. The van der Waals surface area contributed by atoms with Crippen LogP contribution < -0.4 is 4.90 Å². The molecule has 0 aliphatic heterocycles. The van der Waals surface area contributed by atoms with Crippen LogP contribution in [0, 0.1) is 28.6 Å². The molecule has 0 atom stereocenters. The van der Waals surface area contributed by atoms with E-state index in [4.69, 9.17) is 10.5 Å². The van der Waals surface area contributed by atoms with Gasteiger partial charge < -0.3 is 4.90 Å². The molecular weight excluding hydrogens is 279 g/mol. The number of anilines is 1. The second kappa shape index (κ2) is 6.99. The summed E-state index contributed by atoms with van der Waals surface area (Å²) in [4.78, 5) is 1.78. The minimum atomic E-state index is -4.47. The lowest BCUT2D eigenvalue weighted by Crippen LogP contribution is -2.29. The van der Waals surface area contributed by atoms with Gasteiger partial charge in [-0.3, -0.25) is 0 Å². The molecule has 0 saturated carbocycles. The first kappa shape index (κ1) is 16.8. The largest absolute Gasteiger partial charge is 0.416 e. The van der Waals surface area contributed by atoms with Crippen LogP contribution in [0.2, 0.25) is 0 Å². The molecule has 6 heteroatoms. The van der Waals surface area contributed by atoms with Crippen molar-refractivity contribution in [3.8, 4) is 12.1 Å². The molecule has 0 bridgehead atoms. The van der Waals surface area contributed by atoms with Crippen molar-refractivity contribution < 1.29 is 13.2 Å². The Kier molecular flexibility index (Phi) is 5.60. The van der Waals surface area contributed by atoms with E-state index in [1.54, 1.807) is 4.90 Å². The third-order valence-electron chi connectivity index (χ3n) is 2.86. The van der Waals surface area contributed by atoms with Crippen molar-refractivity contribution in [1.82, 2.24) is 0 Å². The third-order valence-corrected chi connectivity index (χ3v) is 2.86. The molecule has 0 aromatic heterocycles. The lowest BCUT2D eigenvalue weighted by atomic mass is 10.1. The van der Waals surface area contributed by atoms with Crippen molar-refractivity contribution in [3.05, 3.63) is 29.3 Å². The van der Waals surface area contributed by atoms with E-state index in [9.17, 15) is 13.2 Å². The number of nitriles is 2. The van der Waals surface area contributed by atoms with Gasteiger partial charge in [-0.05, 0) is 24.1 Å². The summed E-state index contributed by atoms with van der Waals surface area (Å²) in [5, 5.41) is 17.8. The minimum Gasteiger partial charge on any atom is -0.369 e. The fraction of sp³-hybridized carbons (Fsp3) is 0.467. The average Bonchev–Trinajstić information content (AvgIpc) is 2.41. The van der Waals surface area contributed by atoms with Crippen molar-refractivity contribution in [2.45, 2.75) is 26.4 Å². The van der Waals surface area contributed by atoms with Gasteiger partial charge in [0.15, 0.2) is 0 Å². The van der Waals surface area contributed by atoms with Gasteiger partial charge in [-0.25, -0.2) is 0 Å². The Hall–Kier alpha value is -2.21. The van der Waals surface area contributed by atoms with Crippen LogP contribution in [0.1, 0.15) is 31.4 Å². The van der Waals surface area contributed by atoms with Gasteiger partial charge in [-0.15, -0.1) is 0 Å². The van der Waals surface area contributed by atoms with Crippen LogP contribution >= 0.6 is 0 Å². The maximum absolute atomic E-state index is 12.7. The van der Waals surface area contributed by atoms with Crippen LogP contribution in [0.4, 0.5) is 18.9 Å². The van der Waals surface area contributed by atoms with Crippen molar-refractivity contribution in [1.29, 1.82) is 10.5 Å². The van der Waals surface area contributed by atoms with Crippen LogP contribution in [-0.2, 0) is 6.18 Å². The van der Waals surface area contributed by atoms with Crippen LogP contribution in [-0.4, -0.2) is 13.1 Å². The van der Waals surface area contributed by atoms with Gasteiger partial charge in [0, 0.05) is 13.1 Å². The highest BCUT2D eigenvalue weighted by atomic mass is 19.4. The molecule has 0 unspecified atom stereocenters. The zero-order valence-electron chi connectivity index (χ0n) is 11.9. The maximum Gasteiger partial charge on any atom is 0.416 e. The van der Waals surface area contributed by atoms with Gasteiger partial charge in [0.2, 0.25) is 0 Å². The summed E-state index contributed by atoms with van der Waals surface area (Å²) in [5.74, 6) is 0.262. The van der Waals surface area contributed by atoms with Crippen LogP contribution in [0.15, 0.2) is 18.2 Å². The minimum absolute atomic E-state index is 0.0246. The lowest BCUT2D eigenvalue weighted by molar-refractivity contribution is -0.137. The van der Waals surface area contributed by atoms with Crippen molar-refractivity contribution in [3.63, 3.8) is 0 Å². The number of hydrogen-bond donors (Lipinski definition) is 0. The van der Waals surface area contributed by atoms with E-state index in [1.807, 2.05) is 26.0 Å². The number of halogens is 3. The van der Waals surface area contributed by atoms with E-state index < -0.39 is 11.7 Å². The Labute approximate surface area is 122 Å². The molecule has 0 spiro atoms. The van der Waals surface area contributed by atoms with Crippen molar-refractivity contribution in [2.24, 2.45) is 5.92 Å². The molecule has 3 nitrogen and oxygen atoms in total. The molecule has 0 radical (unpaired) electrons. The third kappa shape index (κ3) is 4.68. The molecule has 21 heavy (non-hydrogen) atoms. The second-order valence-electron chi connectivity index (χ2n) is 5.09. The molecule has 0 saturated heterocycles. The van der Waals surface area contributed by atoms with E-state index in [0.29, 0.717) is 18.8 Å². The van der Waals surface area contributed by atoms with Crippen LogP contribution in [0.25, 0.3) is 0 Å². The van der Waals surface area contributed by atoms with Crippen LogP contribution in [0.5, 0.6) is 0 Å². The molecule has 0 heterocycles. The highest BCUT2D eigenvalue weighted by Gasteiger charge is 2.31. The van der Waals surface area contributed by atoms with E-state index >= 15 is 0 Å². The van der Waals surface area contributed by atoms with Crippen molar-refractivity contribution >= 4 is 5.69 Å². The molecule has 1 rings (SSSR count). The molecule has 1 aromatic rings. The Morgan fingerprint density at radius 3 is 2.38 bits per heavy atom. The highest BCUT2D eigenvalue weighted by molar-refractivity contribution is 5.61. The van der Waals surface area contributed by atoms with Gasteiger partial charge in [0.1, 0.15) is 6.07 Å². The van der Waals surface area contributed by atoms with Gasteiger partial charge in [-0.1, -0.05) is 13.8 Å². The van der Waals surface area contributed by atoms with Crippen LogP contribution in [0.3, 0.4) is 0 Å². The molecule has 0 amide bonds. The summed E-state index contributed by atoms with van der Waals surface area (Å²) in [6.07, 6.45) is -4.22. The predicted octanol–water partition coefficient (Wildman–Crippen LogP) is 3.95. The standard InChI is InChI=1S/C15H16F3N3/c1-11(2)10-21(7-3-6-19)14-5-4-13(15(16,17)18)8-12(14)9-20/h4-5,8,11H,3,7,10H2,1-2H3. The number of nitrogens with zero attached hydrogens (tertiary/aromatic N) is 3. The van der Waals surface area contributed by atoms with Crippen molar-refractivity contribution in [2.75, 3.05) is 18.0 Å². The normalized spacial score (nSPS) is 11.0. The fourth-order valence-electron chi connectivity index (χ4n) is 2.01. The first-order valence-corrected chi connectivity index (χ1v) is 6.52. The number of alkyl halides is 3. The zero-order chi connectivity index (χ0) is 16.0. The van der Waals surface area contributed by atoms with Gasteiger partial charge in [-0.2, -0.15) is 23.7 Å². The Balaban J connectivity index is 3.19. The van der Waals surface area contributed by atoms with E-state index in [1.165, 1.54) is 6.07 Å². The summed E-state index contributed by atoms with van der Waals surface area (Å²) in [6.45, 7) is 4.89. The highest BCUT2D eigenvalue weighted by Crippen LogP contribution is 2.33. The number of benzene rings is 1. The molecular formula is C15H16F3N3. The first-order chi connectivity index (χ1) is 9.79. The van der Waals surface area contributed by atoms with E-state index in [0.717, 1.165) is 12.1 Å². The number of rotatable bonds is 5. The molecule has 112 valence electrons. The lowest BCUT2D eigenvalue weighted by Gasteiger charge is -2.27. The fourth-order valence-corrected chi connectivity index (χ4v) is 2.01. The van der Waals surface area contributed by atoms with Gasteiger partial charge >= 0.3 is 6.18 Å². The summed E-state index contributed by atoms with van der Waals surface area (Å²) >= 11 is 0. The monoisotopic (exact) mass is 295 g/mol. The summed E-state index contributed by atoms with van der Waals surface area (Å²) in [5.41, 5.74) is -0.426. The first-order valence-electron chi connectivity index (χ1n) is 6.52. The Morgan fingerprint density at radius 2 is 1.90 bits per heavy atom. The quantitative estimate of drug-likeness (QED) is 0.826. The number of hydrogen-bond acceptors (Lipinski definition) is 3. The summed E-state index contributed by atoms with van der Waals surface area (Å²) in [6, 6.07) is 6.95. The van der Waals surface area contributed by atoms with Gasteiger partial charge in [0.25, 0.3) is 0 Å². The summed E-state index contributed by atoms with van der Waals surface area (Å²) in [7, 11) is 0. The van der Waals surface area contributed by atoms with Gasteiger partial charge in [0.05, 0.1) is 29.3 Å². The molecule has 0 fully saturated rings. The molecule has 0 aliphatic carbocycles. The maximum atomic E-state index is 12.7. The topological polar surface area (TPSA) is 50.8 Å². The second-order valence-corrected chi connectivity index (χ2v) is 5.09. The average molecular weight is 295 g/mol. The molecule has 1 aromatic carbocycles.